The summed E-state index contributed by atoms with van der Waals surface area (Å²) in [6.07, 6.45) is 0. The number of rotatable bonds is 7. The number of aliphatic hydroxyl groups is 1. The summed E-state index contributed by atoms with van der Waals surface area (Å²) < 4.78 is 5.60. The molecule has 0 radical (unpaired) electrons. The Labute approximate surface area is 127 Å². The Morgan fingerprint density at radius 2 is 1.86 bits per heavy atom. The molecule has 0 unspecified atom stereocenters. The van der Waals surface area contributed by atoms with Gasteiger partial charge in [-0.1, -0.05) is 13.8 Å². The molecule has 1 rings (SSSR count). The van der Waals surface area contributed by atoms with Crippen LogP contribution in [0.15, 0.2) is 24.3 Å². The van der Waals surface area contributed by atoms with Gasteiger partial charge in [0.05, 0.1) is 12.2 Å². The van der Waals surface area contributed by atoms with Gasteiger partial charge < -0.3 is 14.7 Å². The van der Waals surface area contributed by atoms with E-state index in [2.05, 4.69) is 13.8 Å². The molecular weight excluding hydrogens is 266 g/mol. The number of carbonyl (C=O) groups excluding carboxylic acids is 1. The standard InChI is InChI=1S/C17H27NO3/c1-6-18(12-17(4,5)20)16(19)14-7-9-15(10-8-14)21-11-13(2)3/h7-10,13,20H,6,11-12H2,1-5H3. The minimum atomic E-state index is -0.897. The van der Waals surface area contributed by atoms with Crippen molar-refractivity contribution in [3.05, 3.63) is 29.8 Å². The van der Waals surface area contributed by atoms with E-state index in [4.69, 9.17) is 4.74 Å². The lowest BCUT2D eigenvalue weighted by molar-refractivity contribution is 0.0314. The third kappa shape index (κ3) is 6.17. The Morgan fingerprint density at radius 1 is 1.29 bits per heavy atom. The Bertz CT molecular complexity index is 446. The highest BCUT2D eigenvalue weighted by atomic mass is 16.5. The van der Waals surface area contributed by atoms with E-state index in [0.717, 1.165) is 5.75 Å². The van der Waals surface area contributed by atoms with Crippen molar-refractivity contribution in [3.8, 4) is 5.75 Å². The topological polar surface area (TPSA) is 49.8 Å². The molecule has 0 aliphatic carbocycles. The number of hydrogen-bond acceptors (Lipinski definition) is 3. The number of hydrogen-bond donors (Lipinski definition) is 1. The van der Waals surface area contributed by atoms with E-state index in [1.165, 1.54) is 0 Å². The van der Waals surface area contributed by atoms with Crippen molar-refractivity contribution in [2.24, 2.45) is 5.92 Å². The number of benzene rings is 1. The fraction of sp³-hybridized carbons (Fsp3) is 0.588. The lowest BCUT2D eigenvalue weighted by Gasteiger charge is -2.28. The summed E-state index contributed by atoms with van der Waals surface area (Å²) in [6, 6.07) is 7.16. The van der Waals surface area contributed by atoms with Crippen LogP contribution in [0.2, 0.25) is 0 Å². The molecule has 0 aromatic heterocycles. The van der Waals surface area contributed by atoms with Crippen LogP contribution in [0.5, 0.6) is 5.75 Å². The molecule has 1 aromatic rings. The largest absolute Gasteiger partial charge is 0.493 e. The summed E-state index contributed by atoms with van der Waals surface area (Å²) >= 11 is 0. The second kappa shape index (κ2) is 7.46. The van der Waals surface area contributed by atoms with Crippen LogP contribution in [0.3, 0.4) is 0 Å². The lowest BCUT2D eigenvalue weighted by Crippen LogP contribution is -2.42. The van der Waals surface area contributed by atoms with Crippen molar-refractivity contribution in [3.63, 3.8) is 0 Å². The van der Waals surface area contributed by atoms with E-state index in [-0.39, 0.29) is 5.91 Å². The molecule has 0 spiro atoms. The van der Waals surface area contributed by atoms with Crippen LogP contribution >= 0.6 is 0 Å². The average Bonchev–Trinajstić information content (AvgIpc) is 2.41. The molecule has 118 valence electrons. The first-order valence-electron chi connectivity index (χ1n) is 7.47. The maximum absolute atomic E-state index is 12.4. The summed E-state index contributed by atoms with van der Waals surface area (Å²) in [4.78, 5) is 14.0. The molecule has 0 saturated carbocycles. The summed E-state index contributed by atoms with van der Waals surface area (Å²) in [5, 5.41) is 9.87. The van der Waals surface area contributed by atoms with Crippen LogP contribution < -0.4 is 4.74 Å². The summed E-state index contributed by atoms with van der Waals surface area (Å²) in [6.45, 7) is 11.0. The molecule has 1 aromatic carbocycles. The summed E-state index contributed by atoms with van der Waals surface area (Å²) in [7, 11) is 0. The van der Waals surface area contributed by atoms with Gasteiger partial charge in [0.2, 0.25) is 0 Å². The highest BCUT2D eigenvalue weighted by Gasteiger charge is 2.22. The molecule has 0 aliphatic rings. The van der Waals surface area contributed by atoms with Gasteiger partial charge in [0.1, 0.15) is 5.75 Å². The monoisotopic (exact) mass is 293 g/mol. The Kier molecular flexibility index (Phi) is 6.21. The molecule has 0 atom stereocenters. The van der Waals surface area contributed by atoms with E-state index >= 15 is 0 Å². The molecule has 4 heteroatoms. The van der Waals surface area contributed by atoms with Crippen molar-refractivity contribution in [2.45, 2.75) is 40.2 Å². The van der Waals surface area contributed by atoms with E-state index in [0.29, 0.717) is 31.2 Å². The Hall–Kier alpha value is -1.55. The van der Waals surface area contributed by atoms with Gasteiger partial charge in [0.15, 0.2) is 0 Å². The van der Waals surface area contributed by atoms with Gasteiger partial charge in [-0.2, -0.15) is 0 Å². The van der Waals surface area contributed by atoms with Crippen molar-refractivity contribution in [2.75, 3.05) is 19.7 Å². The predicted molar refractivity (Wildman–Crippen MR) is 84.7 cm³/mol. The summed E-state index contributed by atoms with van der Waals surface area (Å²) in [5.74, 6) is 1.16. The van der Waals surface area contributed by atoms with Crippen molar-refractivity contribution in [1.82, 2.24) is 4.90 Å². The van der Waals surface area contributed by atoms with E-state index in [9.17, 15) is 9.90 Å². The first-order chi connectivity index (χ1) is 9.73. The van der Waals surface area contributed by atoms with Gasteiger partial charge >= 0.3 is 0 Å². The average molecular weight is 293 g/mol. The fourth-order valence-corrected chi connectivity index (χ4v) is 1.93. The number of carbonyl (C=O) groups is 1. The van der Waals surface area contributed by atoms with Gasteiger partial charge in [0.25, 0.3) is 5.91 Å². The molecule has 0 aliphatic heterocycles. The highest BCUT2D eigenvalue weighted by molar-refractivity contribution is 5.94. The van der Waals surface area contributed by atoms with Gasteiger partial charge in [0, 0.05) is 18.7 Å². The van der Waals surface area contributed by atoms with Gasteiger partial charge in [-0.3, -0.25) is 4.79 Å². The lowest BCUT2D eigenvalue weighted by atomic mass is 10.1. The van der Waals surface area contributed by atoms with E-state index in [1.54, 1.807) is 30.9 Å². The number of nitrogens with zero attached hydrogens (tertiary/aromatic N) is 1. The third-order valence-electron chi connectivity index (χ3n) is 2.93. The number of likely N-dealkylation sites (N-methyl/N-ethyl adjacent to an activating group) is 1. The second-order valence-electron chi connectivity index (χ2n) is 6.36. The summed E-state index contributed by atoms with van der Waals surface area (Å²) in [5.41, 5.74) is -0.288. The molecule has 0 heterocycles. The zero-order valence-corrected chi connectivity index (χ0v) is 13.7. The van der Waals surface area contributed by atoms with Crippen molar-refractivity contribution < 1.29 is 14.6 Å². The molecule has 0 fully saturated rings. The molecule has 0 saturated heterocycles. The van der Waals surface area contributed by atoms with Crippen LogP contribution in [0.4, 0.5) is 0 Å². The predicted octanol–water partition coefficient (Wildman–Crippen LogP) is 2.95. The maximum atomic E-state index is 12.4. The van der Waals surface area contributed by atoms with Crippen molar-refractivity contribution in [1.29, 1.82) is 0 Å². The first kappa shape index (κ1) is 17.5. The quantitative estimate of drug-likeness (QED) is 0.841. The minimum Gasteiger partial charge on any atom is -0.493 e. The SMILES string of the molecule is CCN(CC(C)(C)O)C(=O)c1ccc(OCC(C)C)cc1. The fourth-order valence-electron chi connectivity index (χ4n) is 1.93. The third-order valence-corrected chi connectivity index (χ3v) is 2.93. The van der Waals surface area contributed by atoms with Crippen molar-refractivity contribution >= 4 is 5.91 Å². The molecule has 1 N–H and O–H groups in total. The Morgan fingerprint density at radius 3 is 2.29 bits per heavy atom. The first-order valence-corrected chi connectivity index (χ1v) is 7.47. The van der Waals surface area contributed by atoms with E-state index in [1.807, 2.05) is 19.1 Å². The zero-order valence-electron chi connectivity index (χ0n) is 13.7. The van der Waals surface area contributed by atoms with Gasteiger partial charge in [-0.05, 0) is 51.0 Å². The van der Waals surface area contributed by atoms with Gasteiger partial charge in [-0.25, -0.2) is 0 Å². The van der Waals surface area contributed by atoms with Crippen LogP contribution in [0.1, 0.15) is 45.0 Å². The van der Waals surface area contributed by atoms with Crippen LogP contribution in [-0.4, -0.2) is 41.2 Å². The number of amides is 1. The minimum absolute atomic E-state index is 0.0740. The highest BCUT2D eigenvalue weighted by Crippen LogP contribution is 2.16. The molecular formula is C17H27NO3. The van der Waals surface area contributed by atoms with Crippen LogP contribution in [0, 0.1) is 5.92 Å². The molecule has 1 amide bonds. The zero-order chi connectivity index (χ0) is 16.0. The molecule has 0 bridgehead atoms. The van der Waals surface area contributed by atoms with Crippen LogP contribution in [-0.2, 0) is 0 Å². The Balaban J connectivity index is 2.73. The normalized spacial score (nSPS) is 11.6. The molecule has 21 heavy (non-hydrogen) atoms. The maximum Gasteiger partial charge on any atom is 0.253 e. The number of ether oxygens (including phenoxy) is 1. The molecule has 4 nitrogen and oxygen atoms in total. The smallest absolute Gasteiger partial charge is 0.253 e. The second-order valence-corrected chi connectivity index (χ2v) is 6.36. The van der Waals surface area contributed by atoms with Crippen LogP contribution in [0.25, 0.3) is 0 Å². The van der Waals surface area contributed by atoms with E-state index < -0.39 is 5.60 Å². The van der Waals surface area contributed by atoms with Gasteiger partial charge in [-0.15, -0.1) is 0 Å².